The average molecular weight is 253 g/mol. The fraction of sp³-hybridized carbons (Fsp3) is 0.600. The van der Waals surface area contributed by atoms with Crippen molar-refractivity contribution in [2.75, 3.05) is 13.7 Å². The van der Waals surface area contributed by atoms with Gasteiger partial charge in [0.25, 0.3) is 0 Å². The molecule has 0 aliphatic heterocycles. The molecule has 1 N–H and O–H groups in total. The zero-order valence-corrected chi connectivity index (χ0v) is 11.8. The highest BCUT2D eigenvalue weighted by Gasteiger charge is 2.33. The molecule has 0 spiro atoms. The second-order valence-corrected chi connectivity index (χ2v) is 4.81. The smallest absolute Gasteiger partial charge is 0.123 e. The molecule has 2 atom stereocenters. The van der Waals surface area contributed by atoms with Gasteiger partial charge in [0, 0.05) is 7.11 Å². The number of methoxy groups -OCH3 is 1. The van der Waals surface area contributed by atoms with Crippen molar-refractivity contribution in [3.8, 4) is 0 Å². The summed E-state index contributed by atoms with van der Waals surface area (Å²) in [5.74, 6) is -0.205. The number of nitrogens with one attached hydrogen (secondary N) is 1. The first-order valence-electron chi connectivity index (χ1n) is 6.61. The molecule has 1 aromatic rings. The Morgan fingerprint density at radius 3 is 2.33 bits per heavy atom. The van der Waals surface area contributed by atoms with Crippen LogP contribution in [0.1, 0.15) is 45.2 Å². The van der Waals surface area contributed by atoms with Gasteiger partial charge < -0.3 is 10.1 Å². The molecule has 0 amide bonds. The van der Waals surface area contributed by atoms with Gasteiger partial charge >= 0.3 is 0 Å². The Morgan fingerprint density at radius 1 is 1.28 bits per heavy atom. The van der Waals surface area contributed by atoms with Crippen molar-refractivity contribution >= 4 is 0 Å². The molecule has 0 saturated carbocycles. The molecule has 102 valence electrons. The third kappa shape index (κ3) is 3.53. The van der Waals surface area contributed by atoms with Gasteiger partial charge in [0.2, 0.25) is 0 Å². The lowest BCUT2D eigenvalue weighted by Gasteiger charge is -2.37. The van der Waals surface area contributed by atoms with E-state index in [0.29, 0.717) is 0 Å². The third-order valence-electron chi connectivity index (χ3n) is 3.58. The predicted octanol–water partition coefficient (Wildman–Crippen LogP) is 3.68. The van der Waals surface area contributed by atoms with Gasteiger partial charge in [0.15, 0.2) is 0 Å². The average Bonchev–Trinajstić information content (AvgIpc) is 2.40. The zero-order valence-electron chi connectivity index (χ0n) is 11.8. The molecule has 0 bridgehead atoms. The van der Waals surface area contributed by atoms with Crippen LogP contribution in [0.3, 0.4) is 0 Å². The minimum Gasteiger partial charge on any atom is -0.377 e. The summed E-state index contributed by atoms with van der Waals surface area (Å²) in [5, 5.41) is 3.50. The van der Waals surface area contributed by atoms with Crippen LogP contribution in [0.25, 0.3) is 0 Å². The summed E-state index contributed by atoms with van der Waals surface area (Å²) in [6.07, 6.45) is 1.95. The molecule has 0 radical (unpaired) electrons. The lowest BCUT2D eigenvalue weighted by Crippen LogP contribution is -2.43. The summed E-state index contributed by atoms with van der Waals surface area (Å²) in [6.45, 7) is 7.24. The number of hydrogen-bond donors (Lipinski definition) is 1. The Bertz CT molecular complexity index is 346. The van der Waals surface area contributed by atoms with Crippen molar-refractivity contribution in [1.29, 1.82) is 0 Å². The number of hydrogen-bond acceptors (Lipinski definition) is 2. The van der Waals surface area contributed by atoms with Crippen molar-refractivity contribution in [1.82, 2.24) is 5.32 Å². The van der Waals surface area contributed by atoms with Gasteiger partial charge in [0.05, 0.1) is 11.6 Å². The van der Waals surface area contributed by atoms with Crippen LogP contribution in [0.15, 0.2) is 24.3 Å². The highest BCUT2D eigenvalue weighted by atomic mass is 19.1. The minimum absolute atomic E-state index is 0.0769. The summed E-state index contributed by atoms with van der Waals surface area (Å²) in [5.41, 5.74) is 0.781. The Hall–Kier alpha value is -0.930. The summed E-state index contributed by atoms with van der Waals surface area (Å²) >= 11 is 0. The Kier molecular flexibility index (Phi) is 5.76. The van der Waals surface area contributed by atoms with Crippen LogP contribution in [-0.4, -0.2) is 19.3 Å². The lowest BCUT2D eigenvalue weighted by molar-refractivity contribution is -0.0299. The monoisotopic (exact) mass is 253 g/mol. The Balaban J connectivity index is 3.00. The van der Waals surface area contributed by atoms with Crippen LogP contribution in [0.2, 0.25) is 0 Å². The second-order valence-electron chi connectivity index (χ2n) is 4.81. The molecular formula is C15H24FNO. The first-order chi connectivity index (χ1) is 8.57. The first kappa shape index (κ1) is 15.1. The van der Waals surface area contributed by atoms with Crippen molar-refractivity contribution in [2.45, 2.75) is 45.3 Å². The van der Waals surface area contributed by atoms with Crippen molar-refractivity contribution in [3.63, 3.8) is 0 Å². The predicted molar refractivity (Wildman–Crippen MR) is 73.1 cm³/mol. The summed E-state index contributed by atoms with van der Waals surface area (Å²) in [7, 11) is 1.73. The topological polar surface area (TPSA) is 21.3 Å². The van der Waals surface area contributed by atoms with E-state index in [2.05, 4.69) is 26.1 Å². The lowest BCUT2D eigenvalue weighted by atomic mass is 9.87. The van der Waals surface area contributed by atoms with Crippen molar-refractivity contribution in [2.24, 2.45) is 0 Å². The van der Waals surface area contributed by atoms with Gasteiger partial charge in [-0.15, -0.1) is 0 Å². The van der Waals surface area contributed by atoms with Crippen LogP contribution in [0.4, 0.5) is 4.39 Å². The van der Waals surface area contributed by atoms with Crippen molar-refractivity contribution < 1.29 is 9.13 Å². The van der Waals surface area contributed by atoms with Crippen LogP contribution >= 0.6 is 0 Å². The molecule has 18 heavy (non-hydrogen) atoms. The normalized spacial score (nSPS) is 16.3. The van der Waals surface area contributed by atoms with Gasteiger partial charge in [-0.3, -0.25) is 0 Å². The Morgan fingerprint density at radius 2 is 1.89 bits per heavy atom. The second kappa shape index (κ2) is 6.86. The minimum atomic E-state index is -0.285. The maximum absolute atomic E-state index is 13.0. The van der Waals surface area contributed by atoms with Gasteiger partial charge in [-0.25, -0.2) is 4.39 Å². The van der Waals surface area contributed by atoms with Gasteiger partial charge in [-0.2, -0.15) is 0 Å². The summed E-state index contributed by atoms with van der Waals surface area (Å²) in [6, 6.07) is 6.74. The van der Waals surface area contributed by atoms with E-state index < -0.39 is 0 Å². The zero-order chi connectivity index (χ0) is 13.6. The molecule has 2 nitrogen and oxygen atoms in total. The molecule has 0 aliphatic carbocycles. The van der Waals surface area contributed by atoms with E-state index in [1.807, 2.05) is 12.1 Å². The number of benzene rings is 1. The first-order valence-corrected chi connectivity index (χ1v) is 6.61. The van der Waals surface area contributed by atoms with Gasteiger partial charge in [-0.05, 0) is 44.0 Å². The summed E-state index contributed by atoms with van der Waals surface area (Å²) in [4.78, 5) is 0. The molecule has 0 saturated heterocycles. The third-order valence-corrected chi connectivity index (χ3v) is 3.58. The molecule has 1 rings (SSSR count). The highest BCUT2D eigenvalue weighted by Crippen LogP contribution is 2.31. The molecule has 0 fully saturated rings. The van der Waals surface area contributed by atoms with Crippen LogP contribution in [-0.2, 0) is 4.74 Å². The van der Waals surface area contributed by atoms with Crippen LogP contribution < -0.4 is 5.32 Å². The van der Waals surface area contributed by atoms with E-state index in [1.165, 1.54) is 12.1 Å². The highest BCUT2D eigenvalue weighted by molar-refractivity contribution is 5.23. The molecule has 2 unspecified atom stereocenters. The number of ether oxygens (including phenoxy) is 1. The van der Waals surface area contributed by atoms with Crippen molar-refractivity contribution in [3.05, 3.63) is 35.6 Å². The fourth-order valence-corrected chi connectivity index (χ4v) is 2.10. The fourth-order valence-electron chi connectivity index (χ4n) is 2.10. The standard InChI is InChI=1S/C15H24FNO/c1-5-11-17-14(15(3,6-2)18-4)12-7-9-13(16)10-8-12/h7-10,14,17H,5-6,11H2,1-4H3. The van der Waals surface area contributed by atoms with Crippen LogP contribution in [0.5, 0.6) is 0 Å². The molecule has 0 heterocycles. The number of rotatable bonds is 7. The SMILES string of the molecule is CCCNC(c1ccc(F)cc1)C(C)(CC)OC. The van der Waals surface area contributed by atoms with Gasteiger partial charge in [0.1, 0.15) is 5.82 Å². The molecule has 3 heteroatoms. The molecule has 0 aliphatic rings. The molecule has 0 aromatic heterocycles. The maximum Gasteiger partial charge on any atom is 0.123 e. The quantitative estimate of drug-likeness (QED) is 0.800. The largest absolute Gasteiger partial charge is 0.377 e. The van der Waals surface area contributed by atoms with E-state index >= 15 is 0 Å². The van der Waals surface area contributed by atoms with E-state index in [-0.39, 0.29) is 17.5 Å². The van der Waals surface area contributed by atoms with E-state index in [4.69, 9.17) is 4.74 Å². The Labute approximate surface area is 110 Å². The molecule has 1 aromatic carbocycles. The number of halogens is 1. The molecular weight excluding hydrogens is 229 g/mol. The van der Waals surface area contributed by atoms with Gasteiger partial charge in [-0.1, -0.05) is 26.0 Å². The van der Waals surface area contributed by atoms with E-state index in [1.54, 1.807) is 7.11 Å². The van der Waals surface area contributed by atoms with Crippen LogP contribution in [0, 0.1) is 5.82 Å². The maximum atomic E-state index is 13.0. The summed E-state index contributed by atoms with van der Waals surface area (Å²) < 4.78 is 18.7. The van der Waals surface area contributed by atoms with E-state index in [9.17, 15) is 4.39 Å². The van der Waals surface area contributed by atoms with E-state index in [0.717, 1.165) is 24.9 Å².